The Morgan fingerprint density at radius 1 is 1.65 bits per heavy atom. The molecule has 0 saturated heterocycles. The van der Waals surface area contributed by atoms with E-state index in [4.69, 9.17) is 10.4 Å². The number of pyridine rings is 1. The molecule has 0 amide bonds. The average Bonchev–Trinajstić information content (AvgIpc) is 2.73. The van der Waals surface area contributed by atoms with Crippen molar-refractivity contribution in [1.29, 1.82) is 5.26 Å². The zero-order valence-electron chi connectivity index (χ0n) is 9.60. The van der Waals surface area contributed by atoms with Gasteiger partial charge >= 0.3 is 5.97 Å². The van der Waals surface area contributed by atoms with E-state index in [0.717, 1.165) is 30.5 Å². The largest absolute Gasteiger partial charge is 0.480 e. The summed E-state index contributed by atoms with van der Waals surface area (Å²) in [4.78, 5) is 16.6. The lowest BCUT2D eigenvalue weighted by Crippen LogP contribution is -2.27. The molecular weight excluding hydrogens is 218 g/mol. The molecule has 0 aliphatic heterocycles. The first-order valence-corrected chi connectivity index (χ1v) is 5.47. The average molecular weight is 231 g/mol. The van der Waals surface area contributed by atoms with Gasteiger partial charge in [0.1, 0.15) is 18.4 Å². The van der Waals surface area contributed by atoms with Crippen LogP contribution in [0.5, 0.6) is 0 Å². The predicted molar refractivity (Wildman–Crippen MR) is 61.9 cm³/mol. The van der Waals surface area contributed by atoms with Crippen molar-refractivity contribution >= 4 is 11.8 Å². The molecule has 0 aromatic carbocycles. The Hall–Kier alpha value is -2.09. The third kappa shape index (κ3) is 2.21. The van der Waals surface area contributed by atoms with Gasteiger partial charge < -0.3 is 10.0 Å². The summed E-state index contributed by atoms with van der Waals surface area (Å²) in [6, 6.07) is 3.92. The number of likely N-dealkylation sites (N-methyl/N-ethyl adjacent to an activating group) is 1. The molecule has 88 valence electrons. The molecule has 1 heterocycles. The summed E-state index contributed by atoms with van der Waals surface area (Å²) in [7, 11) is 1.64. The molecule has 1 aromatic rings. The fourth-order valence-electron chi connectivity index (χ4n) is 2.11. The number of aliphatic carboxylic acids is 1. The van der Waals surface area contributed by atoms with E-state index in [1.807, 2.05) is 6.07 Å². The molecule has 0 radical (unpaired) electrons. The second kappa shape index (κ2) is 4.42. The van der Waals surface area contributed by atoms with Gasteiger partial charge in [-0.2, -0.15) is 5.26 Å². The van der Waals surface area contributed by atoms with Crippen molar-refractivity contribution < 1.29 is 9.90 Å². The maximum absolute atomic E-state index is 10.7. The van der Waals surface area contributed by atoms with Crippen LogP contribution < -0.4 is 4.90 Å². The first-order chi connectivity index (χ1) is 8.11. The van der Waals surface area contributed by atoms with Crippen molar-refractivity contribution in [3.8, 4) is 6.07 Å². The Labute approximate surface area is 99.3 Å². The fraction of sp³-hybridized carbons (Fsp3) is 0.417. The zero-order valence-corrected chi connectivity index (χ0v) is 9.60. The number of nitriles is 1. The van der Waals surface area contributed by atoms with Gasteiger partial charge in [-0.1, -0.05) is 0 Å². The van der Waals surface area contributed by atoms with Gasteiger partial charge in [0.25, 0.3) is 0 Å². The molecular formula is C12H13N3O2. The van der Waals surface area contributed by atoms with Crippen LogP contribution in [0.3, 0.4) is 0 Å². The van der Waals surface area contributed by atoms with E-state index in [1.165, 1.54) is 4.90 Å². The van der Waals surface area contributed by atoms with Gasteiger partial charge in [0.05, 0.1) is 5.56 Å². The fourth-order valence-corrected chi connectivity index (χ4v) is 2.11. The van der Waals surface area contributed by atoms with Crippen LogP contribution in [0.25, 0.3) is 0 Å². The molecule has 0 fully saturated rings. The standard InChI is InChI=1S/C12H13N3O2/c1-15(7-11(16)17)12-9(6-13)5-8-3-2-4-10(8)14-12/h5H,2-4,7H2,1H3,(H,16,17). The van der Waals surface area contributed by atoms with Gasteiger partial charge in [0, 0.05) is 12.7 Å². The highest BCUT2D eigenvalue weighted by Gasteiger charge is 2.19. The molecule has 0 atom stereocenters. The maximum atomic E-state index is 10.7. The number of nitrogens with zero attached hydrogens (tertiary/aromatic N) is 3. The third-order valence-electron chi connectivity index (χ3n) is 2.89. The zero-order chi connectivity index (χ0) is 12.4. The summed E-state index contributed by atoms with van der Waals surface area (Å²) in [6.07, 6.45) is 2.92. The van der Waals surface area contributed by atoms with Crippen molar-refractivity contribution in [2.75, 3.05) is 18.5 Å². The summed E-state index contributed by atoms with van der Waals surface area (Å²) in [5.41, 5.74) is 2.57. The monoisotopic (exact) mass is 231 g/mol. The predicted octanol–water partition coefficient (Wildman–Crippen LogP) is 0.963. The molecule has 0 bridgehead atoms. The number of carbonyl (C=O) groups is 1. The van der Waals surface area contributed by atoms with Crippen molar-refractivity contribution in [2.24, 2.45) is 0 Å². The van der Waals surface area contributed by atoms with Crippen molar-refractivity contribution in [1.82, 2.24) is 4.98 Å². The molecule has 0 saturated carbocycles. The van der Waals surface area contributed by atoms with Gasteiger partial charge in [0.15, 0.2) is 0 Å². The number of hydrogen-bond acceptors (Lipinski definition) is 4. The molecule has 17 heavy (non-hydrogen) atoms. The van der Waals surface area contributed by atoms with Gasteiger partial charge in [-0.25, -0.2) is 4.98 Å². The van der Waals surface area contributed by atoms with E-state index in [9.17, 15) is 4.79 Å². The Kier molecular flexibility index (Phi) is 2.96. The lowest BCUT2D eigenvalue weighted by atomic mass is 10.1. The lowest BCUT2D eigenvalue weighted by Gasteiger charge is -2.17. The van der Waals surface area contributed by atoms with E-state index in [1.54, 1.807) is 7.05 Å². The molecule has 2 rings (SSSR count). The highest BCUT2D eigenvalue weighted by Crippen LogP contribution is 2.26. The lowest BCUT2D eigenvalue weighted by molar-refractivity contribution is -0.135. The second-order valence-corrected chi connectivity index (χ2v) is 4.18. The van der Waals surface area contributed by atoms with E-state index >= 15 is 0 Å². The van der Waals surface area contributed by atoms with Crippen LogP contribution in [0, 0.1) is 11.3 Å². The highest BCUT2D eigenvalue weighted by atomic mass is 16.4. The van der Waals surface area contributed by atoms with Gasteiger partial charge in [-0.3, -0.25) is 4.79 Å². The van der Waals surface area contributed by atoms with E-state index < -0.39 is 5.97 Å². The summed E-state index contributed by atoms with van der Waals surface area (Å²) < 4.78 is 0. The second-order valence-electron chi connectivity index (χ2n) is 4.18. The Bertz CT molecular complexity index is 505. The van der Waals surface area contributed by atoms with E-state index in [2.05, 4.69) is 11.1 Å². The maximum Gasteiger partial charge on any atom is 0.323 e. The molecule has 1 aliphatic carbocycles. The highest BCUT2D eigenvalue weighted by molar-refractivity contribution is 5.74. The van der Waals surface area contributed by atoms with E-state index in [-0.39, 0.29) is 6.54 Å². The minimum atomic E-state index is -0.932. The first-order valence-electron chi connectivity index (χ1n) is 5.47. The van der Waals surface area contributed by atoms with Crippen LogP contribution >= 0.6 is 0 Å². The quantitative estimate of drug-likeness (QED) is 0.838. The van der Waals surface area contributed by atoms with Gasteiger partial charge in [0.2, 0.25) is 0 Å². The molecule has 1 N–H and O–H groups in total. The minimum absolute atomic E-state index is 0.152. The van der Waals surface area contributed by atoms with Crippen LogP contribution in [0.15, 0.2) is 6.07 Å². The SMILES string of the molecule is CN(CC(=O)O)c1nc2c(cc1C#N)CCC2. The number of aryl methyl sites for hydroxylation is 2. The van der Waals surface area contributed by atoms with Gasteiger partial charge in [-0.05, 0) is 30.9 Å². The van der Waals surface area contributed by atoms with Gasteiger partial charge in [-0.15, -0.1) is 0 Å². The van der Waals surface area contributed by atoms with Crippen molar-refractivity contribution in [3.63, 3.8) is 0 Å². The van der Waals surface area contributed by atoms with Crippen LogP contribution in [0.1, 0.15) is 23.2 Å². The van der Waals surface area contributed by atoms with Crippen molar-refractivity contribution in [2.45, 2.75) is 19.3 Å². The van der Waals surface area contributed by atoms with Crippen LogP contribution in [-0.4, -0.2) is 29.7 Å². The molecule has 1 aromatic heterocycles. The number of aromatic nitrogens is 1. The first kappa shape index (κ1) is 11.4. The number of carboxylic acids is 1. The van der Waals surface area contributed by atoms with Crippen LogP contribution in [0.4, 0.5) is 5.82 Å². The number of carboxylic acid groups (broad SMARTS) is 1. The number of fused-ring (bicyclic) bond motifs is 1. The Balaban J connectivity index is 2.39. The third-order valence-corrected chi connectivity index (χ3v) is 2.89. The van der Waals surface area contributed by atoms with E-state index in [0.29, 0.717) is 11.4 Å². The topological polar surface area (TPSA) is 77.2 Å². The van der Waals surface area contributed by atoms with Crippen LogP contribution in [-0.2, 0) is 17.6 Å². The van der Waals surface area contributed by atoms with Crippen molar-refractivity contribution in [3.05, 3.63) is 22.9 Å². The number of anilines is 1. The summed E-state index contributed by atoms with van der Waals surface area (Å²) in [5.74, 6) is -0.464. The molecule has 0 spiro atoms. The number of hydrogen-bond donors (Lipinski definition) is 1. The summed E-state index contributed by atoms with van der Waals surface area (Å²) >= 11 is 0. The molecule has 5 heteroatoms. The smallest absolute Gasteiger partial charge is 0.323 e. The number of rotatable bonds is 3. The Morgan fingerprint density at radius 2 is 2.41 bits per heavy atom. The normalized spacial score (nSPS) is 12.9. The minimum Gasteiger partial charge on any atom is -0.480 e. The molecule has 5 nitrogen and oxygen atoms in total. The summed E-state index contributed by atoms with van der Waals surface area (Å²) in [5, 5.41) is 17.8. The Morgan fingerprint density at radius 3 is 3.06 bits per heavy atom. The molecule has 1 aliphatic rings. The summed E-state index contributed by atoms with van der Waals surface area (Å²) in [6.45, 7) is -0.152. The van der Waals surface area contributed by atoms with Crippen LogP contribution in [0.2, 0.25) is 0 Å². The molecule has 0 unspecified atom stereocenters.